The predicted octanol–water partition coefficient (Wildman–Crippen LogP) is 9.26. The minimum Gasteiger partial charge on any atom is -0.461 e. The fourth-order valence-corrected chi connectivity index (χ4v) is 6.71. The third kappa shape index (κ3) is 17.3. The second-order valence-electron chi connectivity index (χ2n) is 13.5. The molecular weight excluding hydrogens is 730 g/mol. The van der Waals surface area contributed by atoms with Crippen molar-refractivity contribution in [2.45, 2.75) is 142 Å². The standard InChI is InChI=1S/C40H58ClN5O7S/c1-4-5-6-7-8-9-10-11-12-13-14-15-16-23-35(49)52-27-31-20-17-18-21-33(31)39(50)53-28-32(51-3)24-25-46-29-42-36-37(44-40(41)45-38(36)46)43-34(48)22-19-26-54-30(2)47/h17-18,20-21,29,32H,4-16,19,22-28H2,1-3H3,(H,43,44,45,48). The number of aromatic nitrogens is 4. The Hall–Kier alpha value is -3.55. The summed E-state index contributed by atoms with van der Waals surface area (Å²) in [7, 11) is 1.54. The lowest BCUT2D eigenvalue weighted by Gasteiger charge is -2.17. The molecule has 0 fully saturated rings. The van der Waals surface area contributed by atoms with E-state index >= 15 is 0 Å². The van der Waals surface area contributed by atoms with Gasteiger partial charge in [0, 0.05) is 44.7 Å². The number of anilines is 1. The maximum absolute atomic E-state index is 13.1. The minimum atomic E-state index is -0.534. The Bertz CT molecular complexity index is 1600. The van der Waals surface area contributed by atoms with Crippen molar-refractivity contribution in [3.8, 4) is 0 Å². The molecule has 54 heavy (non-hydrogen) atoms. The molecule has 0 radical (unpaired) electrons. The zero-order chi connectivity index (χ0) is 39.0. The van der Waals surface area contributed by atoms with Crippen LogP contribution in [0.3, 0.4) is 0 Å². The molecule has 14 heteroatoms. The van der Waals surface area contributed by atoms with Crippen LogP contribution >= 0.6 is 23.4 Å². The Balaban J connectivity index is 1.38. The monoisotopic (exact) mass is 787 g/mol. The van der Waals surface area contributed by atoms with Crippen molar-refractivity contribution in [1.82, 2.24) is 19.5 Å². The van der Waals surface area contributed by atoms with Gasteiger partial charge in [0.05, 0.1) is 18.0 Å². The summed E-state index contributed by atoms with van der Waals surface area (Å²) >= 11 is 7.36. The van der Waals surface area contributed by atoms with E-state index in [0.29, 0.717) is 53.9 Å². The number of unbranched alkanes of at least 4 members (excludes halogenated alkanes) is 12. The molecule has 298 valence electrons. The third-order valence-electron chi connectivity index (χ3n) is 9.08. The number of benzene rings is 1. The zero-order valence-electron chi connectivity index (χ0n) is 32.2. The second kappa shape index (κ2) is 26.3. The first-order chi connectivity index (χ1) is 26.2. The van der Waals surface area contributed by atoms with E-state index < -0.39 is 12.1 Å². The summed E-state index contributed by atoms with van der Waals surface area (Å²) in [5, 5.41) is 2.70. The summed E-state index contributed by atoms with van der Waals surface area (Å²) in [6, 6.07) is 6.94. The lowest BCUT2D eigenvalue weighted by molar-refractivity contribution is -0.145. The van der Waals surface area contributed by atoms with Crippen LogP contribution in [-0.2, 0) is 41.7 Å². The number of hydrogen-bond acceptors (Lipinski definition) is 11. The molecular formula is C40H58ClN5O7S. The van der Waals surface area contributed by atoms with Crippen molar-refractivity contribution in [1.29, 1.82) is 0 Å². The smallest absolute Gasteiger partial charge is 0.338 e. The molecule has 1 N–H and O–H groups in total. The molecule has 1 amide bonds. The molecule has 1 unspecified atom stereocenters. The number of rotatable bonds is 28. The van der Waals surface area contributed by atoms with Gasteiger partial charge in [-0.15, -0.1) is 0 Å². The van der Waals surface area contributed by atoms with Crippen LogP contribution in [0.25, 0.3) is 11.2 Å². The van der Waals surface area contributed by atoms with Crippen LogP contribution in [0.4, 0.5) is 5.82 Å². The number of methoxy groups -OCH3 is 1. The topological polar surface area (TPSA) is 152 Å². The number of aryl methyl sites for hydroxylation is 1. The van der Waals surface area contributed by atoms with Crippen molar-refractivity contribution < 1.29 is 33.4 Å². The molecule has 0 aliphatic rings. The van der Waals surface area contributed by atoms with Crippen LogP contribution in [-0.4, -0.2) is 68.1 Å². The van der Waals surface area contributed by atoms with Gasteiger partial charge in [0.15, 0.2) is 22.1 Å². The van der Waals surface area contributed by atoms with Gasteiger partial charge in [-0.2, -0.15) is 9.97 Å². The number of fused-ring (bicyclic) bond motifs is 1. The first-order valence-corrected chi connectivity index (χ1v) is 20.8. The highest BCUT2D eigenvalue weighted by atomic mass is 35.5. The van der Waals surface area contributed by atoms with Gasteiger partial charge in [0.2, 0.25) is 11.2 Å². The van der Waals surface area contributed by atoms with Crippen LogP contribution < -0.4 is 5.32 Å². The van der Waals surface area contributed by atoms with Crippen LogP contribution in [0.1, 0.15) is 139 Å². The fourth-order valence-electron chi connectivity index (χ4n) is 5.97. The first-order valence-electron chi connectivity index (χ1n) is 19.5. The minimum absolute atomic E-state index is 0.00421. The van der Waals surface area contributed by atoms with E-state index in [2.05, 4.69) is 27.2 Å². The van der Waals surface area contributed by atoms with Crippen molar-refractivity contribution >= 4 is 63.3 Å². The summed E-state index contributed by atoms with van der Waals surface area (Å²) in [4.78, 5) is 62.0. The highest BCUT2D eigenvalue weighted by Gasteiger charge is 2.19. The zero-order valence-corrected chi connectivity index (χ0v) is 33.8. The lowest BCUT2D eigenvalue weighted by Crippen LogP contribution is -2.23. The molecule has 0 aliphatic heterocycles. The van der Waals surface area contributed by atoms with E-state index in [1.54, 1.807) is 35.2 Å². The van der Waals surface area contributed by atoms with Crippen molar-refractivity contribution in [2.75, 3.05) is 24.8 Å². The number of nitrogens with one attached hydrogen (secondary N) is 1. The number of thioether (sulfide) groups is 1. The SMILES string of the molecule is CCCCCCCCCCCCCCCC(=O)OCc1ccccc1C(=O)OCC(CCn1cnc2c(NC(=O)CCCSC(C)=O)nc(Cl)nc21)OC. The Morgan fingerprint density at radius 1 is 0.870 bits per heavy atom. The van der Waals surface area contributed by atoms with Crippen LogP contribution in [0.15, 0.2) is 30.6 Å². The first kappa shape index (κ1) is 44.8. The average Bonchev–Trinajstić information content (AvgIpc) is 3.57. The number of esters is 2. The molecule has 0 bridgehead atoms. The number of amides is 1. The summed E-state index contributed by atoms with van der Waals surface area (Å²) in [5.41, 5.74) is 1.73. The molecule has 12 nitrogen and oxygen atoms in total. The van der Waals surface area contributed by atoms with E-state index in [4.69, 9.17) is 25.8 Å². The van der Waals surface area contributed by atoms with Gasteiger partial charge in [0.1, 0.15) is 13.2 Å². The highest BCUT2D eigenvalue weighted by Crippen LogP contribution is 2.22. The van der Waals surface area contributed by atoms with E-state index in [-0.39, 0.29) is 47.7 Å². The Labute approximate surface area is 329 Å². The van der Waals surface area contributed by atoms with E-state index in [9.17, 15) is 19.2 Å². The predicted molar refractivity (Wildman–Crippen MR) is 214 cm³/mol. The molecule has 0 saturated heterocycles. The normalized spacial score (nSPS) is 11.8. The summed E-state index contributed by atoms with van der Waals surface area (Å²) < 4.78 is 18.5. The number of halogens is 1. The summed E-state index contributed by atoms with van der Waals surface area (Å²) in [5.74, 6) is -0.318. The molecule has 3 rings (SSSR count). The maximum atomic E-state index is 13.1. The molecule has 0 saturated carbocycles. The Morgan fingerprint density at radius 2 is 1.54 bits per heavy atom. The van der Waals surface area contributed by atoms with E-state index in [1.807, 2.05) is 0 Å². The largest absolute Gasteiger partial charge is 0.461 e. The van der Waals surface area contributed by atoms with Gasteiger partial charge in [0.25, 0.3) is 0 Å². The van der Waals surface area contributed by atoms with Crippen LogP contribution in [0.5, 0.6) is 0 Å². The van der Waals surface area contributed by atoms with Gasteiger partial charge in [-0.1, -0.05) is 114 Å². The molecule has 2 aromatic heterocycles. The molecule has 1 atom stereocenters. The quantitative estimate of drug-likeness (QED) is 0.0426. The number of hydrogen-bond donors (Lipinski definition) is 1. The van der Waals surface area contributed by atoms with Crippen LogP contribution in [0, 0.1) is 0 Å². The fraction of sp³-hybridized carbons (Fsp3) is 0.625. The van der Waals surface area contributed by atoms with Gasteiger partial charge in [-0.05, 0) is 36.9 Å². The number of carbonyl (C=O) groups excluding carboxylic acids is 4. The van der Waals surface area contributed by atoms with Gasteiger partial charge in [-0.25, -0.2) is 9.78 Å². The van der Waals surface area contributed by atoms with Crippen molar-refractivity contribution in [3.05, 3.63) is 47.0 Å². The molecule has 0 aliphatic carbocycles. The maximum Gasteiger partial charge on any atom is 0.338 e. The van der Waals surface area contributed by atoms with E-state index in [0.717, 1.165) is 19.3 Å². The lowest BCUT2D eigenvalue weighted by atomic mass is 10.0. The van der Waals surface area contributed by atoms with Crippen LogP contribution in [0.2, 0.25) is 5.28 Å². The molecule has 0 spiro atoms. The third-order valence-corrected chi connectivity index (χ3v) is 10.2. The van der Waals surface area contributed by atoms with Gasteiger partial charge < -0.3 is 24.1 Å². The molecule has 2 heterocycles. The van der Waals surface area contributed by atoms with Gasteiger partial charge >= 0.3 is 11.9 Å². The average molecular weight is 788 g/mol. The molecule has 3 aromatic rings. The van der Waals surface area contributed by atoms with Gasteiger partial charge in [-0.3, -0.25) is 14.4 Å². The number of carbonyl (C=O) groups is 4. The van der Waals surface area contributed by atoms with E-state index in [1.165, 1.54) is 90.0 Å². The number of imidazole rings is 1. The summed E-state index contributed by atoms with van der Waals surface area (Å²) in [6.45, 7) is 4.14. The van der Waals surface area contributed by atoms with Crippen molar-refractivity contribution in [3.63, 3.8) is 0 Å². The molecule has 1 aromatic carbocycles. The second-order valence-corrected chi connectivity index (χ2v) is 15.1. The Kier molecular flexibility index (Phi) is 21.8. The highest BCUT2D eigenvalue weighted by molar-refractivity contribution is 8.13. The number of nitrogens with zero attached hydrogens (tertiary/aromatic N) is 4. The summed E-state index contributed by atoms with van der Waals surface area (Å²) in [6.07, 6.45) is 18.8. The van der Waals surface area contributed by atoms with Crippen molar-refractivity contribution in [2.24, 2.45) is 0 Å². The Morgan fingerprint density at radius 3 is 2.20 bits per heavy atom. The number of ether oxygens (including phenoxy) is 3.